The van der Waals surface area contributed by atoms with Gasteiger partial charge in [-0.25, -0.2) is 0 Å². The van der Waals surface area contributed by atoms with Crippen LogP contribution in [0.2, 0.25) is 0 Å². The summed E-state index contributed by atoms with van der Waals surface area (Å²) in [6, 6.07) is 10.8. The Morgan fingerprint density at radius 1 is 1.00 bits per heavy atom. The normalized spacial score (nSPS) is 14.8. The number of hydrogen-bond donors (Lipinski definition) is 0. The van der Waals surface area contributed by atoms with Gasteiger partial charge in [-0.3, -0.25) is 0 Å². The van der Waals surface area contributed by atoms with Crippen molar-refractivity contribution in [2.75, 3.05) is 0 Å². The molecule has 0 spiro atoms. The fraction of sp³-hybridized carbons (Fsp3) is 0.375. The summed E-state index contributed by atoms with van der Waals surface area (Å²) in [5, 5.41) is 0. The number of aryl methyl sites for hydroxylation is 1. The van der Waals surface area contributed by atoms with Crippen LogP contribution in [0.4, 0.5) is 0 Å². The molecule has 84 valence electrons. The highest BCUT2D eigenvalue weighted by molar-refractivity contribution is 5.33. The van der Waals surface area contributed by atoms with Crippen molar-refractivity contribution in [3.8, 4) is 0 Å². The highest BCUT2D eigenvalue weighted by atomic mass is 14.1. The standard InChI is InChI=1S/C16H20/c1-2-6-15-11-12-16(13-15)10-9-14-7-4-3-5-8-14/h3-5,7-8,12-13H,2,6,9-11H2,1H3. The first-order valence-corrected chi connectivity index (χ1v) is 6.31. The van der Waals surface area contributed by atoms with E-state index in [4.69, 9.17) is 0 Å². The van der Waals surface area contributed by atoms with E-state index >= 15 is 0 Å². The minimum absolute atomic E-state index is 1.17. The van der Waals surface area contributed by atoms with Gasteiger partial charge in [-0.05, 0) is 31.2 Å². The second-order valence-corrected chi connectivity index (χ2v) is 4.52. The maximum Gasteiger partial charge on any atom is -0.0130 e. The topological polar surface area (TPSA) is 0 Å². The van der Waals surface area contributed by atoms with Crippen LogP contribution in [0.5, 0.6) is 0 Å². The molecule has 0 bridgehead atoms. The number of benzene rings is 1. The van der Waals surface area contributed by atoms with E-state index in [2.05, 4.69) is 49.4 Å². The molecule has 1 aromatic carbocycles. The lowest BCUT2D eigenvalue weighted by Gasteiger charge is -2.00. The average Bonchev–Trinajstić information content (AvgIpc) is 2.76. The van der Waals surface area contributed by atoms with E-state index in [9.17, 15) is 0 Å². The van der Waals surface area contributed by atoms with Crippen molar-refractivity contribution in [3.63, 3.8) is 0 Å². The average molecular weight is 212 g/mol. The van der Waals surface area contributed by atoms with Crippen molar-refractivity contribution < 1.29 is 0 Å². The van der Waals surface area contributed by atoms with Crippen molar-refractivity contribution in [3.05, 3.63) is 59.2 Å². The Balaban J connectivity index is 1.84. The summed E-state index contributed by atoms with van der Waals surface area (Å²) in [5.74, 6) is 0. The molecule has 1 aliphatic carbocycles. The molecule has 0 radical (unpaired) electrons. The summed E-state index contributed by atoms with van der Waals surface area (Å²) in [6.45, 7) is 2.25. The largest absolute Gasteiger partial charge is 0.0772 e. The predicted molar refractivity (Wildman–Crippen MR) is 70.5 cm³/mol. The zero-order valence-electron chi connectivity index (χ0n) is 10.1. The lowest BCUT2D eigenvalue weighted by molar-refractivity contribution is 0.887. The second kappa shape index (κ2) is 5.69. The molecule has 0 amide bonds. The van der Waals surface area contributed by atoms with Gasteiger partial charge in [0.1, 0.15) is 0 Å². The Morgan fingerprint density at radius 3 is 2.56 bits per heavy atom. The Kier molecular flexibility index (Phi) is 3.98. The van der Waals surface area contributed by atoms with Crippen LogP contribution >= 0.6 is 0 Å². The molecule has 0 aliphatic heterocycles. The predicted octanol–water partition coefficient (Wildman–Crippen LogP) is 4.68. The van der Waals surface area contributed by atoms with E-state index in [1.807, 2.05) is 0 Å². The monoisotopic (exact) mass is 212 g/mol. The molecule has 0 N–H and O–H groups in total. The Labute approximate surface area is 98.7 Å². The fourth-order valence-corrected chi connectivity index (χ4v) is 2.25. The summed E-state index contributed by atoms with van der Waals surface area (Å²) in [4.78, 5) is 0. The van der Waals surface area contributed by atoms with E-state index in [-0.39, 0.29) is 0 Å². The van der Waals surface area contributed by atoms with Crippen LogP contribution in [-0.2, 0) is 6.42 Å². The highest BCUT2D eigenvalue weighted by Crippen LogP contribution is 2.24. The minimum atomic E-state index is 1.17. The van der Waals surface area contributed by atoms with E-state index in [0.29, 0.717) is 0 Å². The van der Waals surface area contributed by atoms with Crippen molar-refractivity contribution in [1.29, 1.82) is 0 Å². The number of allylic oxidation sites excluding steroid dienone is 4. The van der Waals surface area contributed by atoms with Crippen LogP contribution in [0, 0.1) is 0 Å². The SMILES string of the molecule is CCCC1=CC(CCc2ccccc2)=CC1. The summed E-state index contributed by atoms with van der Waals surface area (Å²) in [5.41, 5.74) is 4.60. The first-order chi connectivity index (χ1) is 7.88. The van der Waals surface area contributed by atoms with Crippen LogP contribution in [-0.4, -0.2) is 0 Å². The molecule has 16 heavy (non-hydrogen) atoms. The van der Waals surface area contributed by atoms with E-state index in [0.717, 1.165) is 0 Å². The van der Waals surface area contributed by atoms with E-state index in [1.165, 1.54) is 43.2 Å². The molecule has 0 saturated carbocycles. The Bertz CT molecular complexity index is 382. The first kappa shape index (κ1) is 11.2. The quantitative estimate of drug-likeness (QED) is 0.665. The van der Waals surface area contributed by atoms with Gasteiger partial charge in [-0.2, -0.15) is 0 Å². The maximum absolute atomic E-state index is 2.41. The molecule has 0 aromatic heterocycles. The Morgan fingerprint density at radius 2 is 1.81 bits per heavy atom. The molecular formula is C16H20. The van der Waals surface area contributed by atoms with E-state index < -0.39 is 0 Å². The van der Waals surface area contributed by atoms with Gasteiger partial charge in [-0.1, -0.05) is 67.0 Å². The van der Waals surface area contributed by atoms with Crippen LogP contribution in [0.25, 0.3) is 0 Å². The zero-order chi connectivity index (χ0) is 11.2. The van der Waals surface area contributed by atoms with Gasteiger partial charge in [0.05, 0.1) is 0 Å². The van der Waals surface area contributed by atoms with Gasteiger partial charge in [0.15, 0.2) is 0 Å². The molecule has 1 aromatic rings. The van der Waals surface area contributed by atoms with Crippen molar-refractivity contribution in [1.82, 2.24) is 0 Å². The molecule has 0 unspecified atom stereocenters. The molecule has 0 atom stereocenters. The molecule has 0 heterocycles. The van der Waals surface area contributed by atoms with Gasteiger partial charge in [0.25, 0.3) is 0 Å². The van der Waals surface area contributed by atoms with Crippen molar-refractivity contribution >= 4 is 0 Å². The fourth-order valence-electron chi connectivity index (χ4n) is 2.25. The van der Waals surface area contributed by atoms with Crippen LogP contribution in [0.15, 0.2) is 53.6 Å². The maximum atomic E-state index is 2.41. The van der Waals surface area contributed by atoms with Gasteiger partial charge in [0.2, 0.25) is 0 Å². The highest BCUT2D eigenvalue weighted by Gasteiger charge is 2.05. The lowest BCUT2D eigenvalue weighted by Crippen LogP contribution is -1.85. The van der Waals surface area contributed by atoms with Crippen LogP contribution in [0.1, 0.15) is 38.2 Å². The number of hydrogen-bond acceptors (Lipinski definition) is 0. The first-order valence-electron chi connectivity index (χ1n) is 6.31. The molecule has 0 nitrogen and oxygen atoms in total. The minimum Gasteiger partial charge on any atom is -0.0772 e. The third-order valence-corrected chi connectivity index (χ3v) is 3.13. The van der Waals surface area contributed by atoms with Gasteiger partial charge in [0, 0.05) is 0 Å². The van der Waals surface area contributed by atoms with Crippen LogP contribution < -0.4 is 0 Å². The molecule has 1 aliphatic rings. The summed E-state index contributed by atoms with van der Waals surface area (Å²) in [7, 11) is 0. The molecular weight excluding hydrogens is 192 g/mol. The van der Waals surface area contributed by atoms with Gasteiger partial charge in [-0.15, -0.1) is 0 Å². The third kappa shape index (κ3) is 3.10. The van der Waals surface area contributed by atoms with Crippen molar-refractivity contribution in [2.45, 2.75) is 39.0 Å². The van der Waals surface area contributed by atoms with Gasteiger partial charge < -0.3 is 0 Å². The second-order valence-electron chi connectivity index (χ2n) is 4.52. The summed E-state index contributed by atoms with van der Waals surface area (Å²) in [6.07, 6.45) is 10.9. The van der Waals surface area contributed by atoms with Crippen molar-refractivity contribution in [2.24, 2.45) is 0 Å². The lowest BCUT2D eigenvalue weighted by atomic mass is 10.1. The molecule has 0 saturated heterocycles. The molecule has 0 fully saturated rings. The molecule has 0 heteroatoms. The summed E-state index contributed by atoms with van der Waals surface area (Å²) >= 11 is 0. The van der Waals surface area contributed by atoms with E-state index in [1.54, 1.807) is 5.57 Å². The molecule has 2 rings (SSSR count). The summed E-state index contributed by atoms with van der Waals surface area (Å²) < 4.78 is 0. The van der Waals surface area contributed by atoms with Crippen LogP contribution in [0.3, 0.4) is 0 Å². The third-order valence-electron chi connectivity index (χ3n) is 3.13. The number of rotatable bonds is 5. The van der Waals surface area contributed by atoms with Gasteiger partial charge >= 0.3 is 0 Å². The Hall–Kier alpha value is -1.30. The zero-order valence-corrected chi connectivity index (χ0v) is 10.1. The smallest absolute Gasteiger partial charge is 0.0130 e.